The zero-order valence-electron chi connectivity index (χ0n) is 8.35. The van der Waals surface area contributed by atoms with Crippen molar-refractivity contribution in [3.63, 3.8) is 0 Å². The van der Waals surface area contributed by atoms with Crippen molar-refractivity contribution in [1.29, 1.82) is 0 Å². The third-order valence-electron chi connectivity index (χ3n) is 2.17. The van der Waals surface area contributed by atoms with Crippen LogP contribution in [0.2, 0.25) is 20.1 Å². The molecule has 2 aromatic rings. The largest absolute Gasteiger partial charge is 0.397 e. The van der Waals surface area contributed by atoms with Crippen LogP contribution < -0.4 is 5.73 Å². The van der Waals surface area contributed by atoms with E-state index in [0.29, 0.717) is 32.0 Å². The average Bonchev–Trinajstić information content (AvgIpc) is 2.28. The summed E-state index contributed by atoms with van der Waals surface area (Å²) >= 11 is 23.7. The molecule has 2 nitrogen and oxygen atoms in total. The van der Waals surface area contributed by atoms with E-state index in [1.54, 1.807) is 18.2 Å². The lowest BCUT2D eigenvalue weighted by Gasteiger charge is -2.09. The summed E-state index contributed by atoms with van der Waals surface area (Å²) in [5, 5.41) is 1.44. The summed E-state index contributed by atoms with van der Waals surface area (Å²) in [7, 11) is 0. The van der Waals surface area contributed by atoms with Gasteiger partial charge in [-0.3, -0.25) is 4.98 Å². The first-order chi connectivity index (χ1) is 8.00. The number of hydrogen-bond acceptors (Lipinski definition) is 2. The minimum absolute atomic E-state index is 0.280. The van der Waals surface area contributed by atoms with Gasteiger partial charge in [-0.15, -0.1) is 0 Å². The minimum Gasteiger partial charge on any atom is -0.397 e. The van der Waals surface area contributed by atoms with Gasteiger partial charge in [-0.1, -0.05) is 46.4 Å². The fourth-order valence-corrected chi connectivity index (χ4v) is 2.18. The first-order valence-electron chi connectivity index (χ1n) is 4.55. The fraction of sp³-hybridized carbons (Fsp3) is 0. The summed E-state index contributed by atoms with van der Waals surface area (Å²) in [6.07, 6.45) is 1.49. The molecule has 0 aliphatic heterocycles. The molecule has 6 heteroatoms. The van der Waals surface area contributed by atoms with Crippen molar-refractivity contribution < 1.29 is 0 Å². The topological polar surface area (TPSA) is 38.9 Å². The van der Waals surface area contributed by atoms with E-state index in [2.05, 4.69) is 4.98 Å². The molecule has 1 aromatic carbocycles. The number of nitrogens with zero attached hydrogens (tertiary/aromatic N) is 1. The summed E-state index contributed by atoms with van der Waals surface area (Å²) in [5.41, 5.74) is 7.40. The highest BCUT2D eigenvalue weighted by Crippen LogP contribution is 2.39. The van der Waals surface area contributed by atoms with Gasteiger partial charge in [0, 0.05) is 11.8 Å². The zero-order valence-corrected chi connectivity index (χ0v) is 11.4. The van der Waals surface area contributed by atoms with Crippen molar-refractivity contribution in [2.75, 3.05) is 5.73 Å². The predicted molar refractivity (Wildman–Crippen MR) is 74.1 cm³/mol. The van der Waals surface area contributed by atoms with Crippen molar-refractivity contribution in [3.05, 3.63) is 44.5 Å². The molecule has 0 aliphatic rings. The number of benzene rings is 1. The van der Waals surface area contributed by atoms with Gasteiger partial charge >= 0.3 is 0 Å². The molecular weight excluding hydrogens is 302 g/mol. The summed E-state index contributed by atoms with van der Waals surface area (Å²) in [6.45, 7) is 0. The summed E-state index contributed by atoms with van der Waals surface area (Å²) in [5.74, 6) is 0. The van der Waals surface area contributed by atoms with Crippen LogP contribution in [-0.2, 0) is 0 Å². The standard InChI is InChI=1S/C11H6Cl4N2/c12-5-3-8(16)11(17-4-5)6-1-2-7(13)10(15)9(6)14/h1-4H,16H2. The molecule has 0 saturated carbocycles. The SMILES string of the molecule is Nc1cc(Cl)cnc1-c1ccc(Cl)c(Cl)c1Cl. The number of aromatic nitrogens is 1. The molecule has 0 atom stereocenters. The Morgan fingerprint density at radius 1 is 1.00 bits per heavy atom. The molecule has 2 rings (SSSR count). The van der Waals surface area contributed by atoms with Crippen molar-refractivity contribution in [2.24, 2.45) is 0 Å². The third-order valence-corrected chi connectivity index (χ3v) is 3.67. The Kier molecular flexibility index (Phi) is 3.69. The van der Waals surface area contributed by atoms with Crippen molar-refractivity contribution in [3.8, 4) is 11.3 Å². The lowest BCUT2D eigenvalue weighted by atomic mass is 10.1. The van der Waals surface area contributed by atoms with Crippen LogP contribution >= 0.6 is 46.4 Å². The van der Waals surface area contributed by atoms with Crippen LogP contribution in [-0.4, -0.2) is 4.98 Å². The van der Waals surface area contributed by atoms with Crippen LogP contribution in [0, 0.1) is 0 Å². The molecule has 0 aliphatic carbocycles. The van der Waals surface area contributed by atoms with Gasteiger partial charge in [0.05, 0.1) is 31.5 Å². The number of pyridine rings is 1. The molecule has 0 radical (unpaired) electrons. The van der Waals surface area contributed by atoms with E-state index in [-0.39, 0.29) is 5.02 Å². The lowest BCUT2D eigenvalue weighted by molar-refractivity contribution is 1.33. The Labute approximate surface area is 118 Å². The maximum absolute atomic E-state index is 6.10. The highest BCUT2D eigenvalue weighted by Gasteiger charge is 2.13. The first kappa shape index (κ1) is 12.8. The molecule has 17 heavy (non-hydrogen) atoms. The van der Waals surface area contributed by atoms with E-state index >= 15 is 0 Å². The Bertz CT molecular complexity index is 584. The molecular formula is C11H6Cl4N2. The molecule has 2 N–H and O–H groups in total. The summed E-state index contributed by atoms with van der Waals surface area (Å²) in [6, 6.07) is 4.95. The molecule has 1 aromatic heterocycles. The van der Waals surface area contributed by atoms with Crippen LogP contribution in [0.3, 0.4) is 0 Å². The molecule has 0 unspecified atom stereocenters. The monoisotopic (exact) mass is 306 g/mol. The van der Waals surface area contributed by atoms with E-state index in [1.807, 2.05) is 0 Å². The molecule has 0 spiro atoms. The van der Waals surface area contributed by atoms with Crippen molar-refractivity contribution in [1.82, 2.24) is 4.98 Å². The normalized spacial score (nSPS) is 10.6. The van der Waals surface area contributed by atoms with Crippen LogP contribution in [0.15, 0.2) is 24.4 Å². The van der Waals surface area contributed by atoms with Gasteiger partial charge in [-0.2, -0.15) is 0 Å². The van der Waals surface area contributed by atoms with Crippen LogP contribution in [0.25, 0.3) is 11.3 Å². The summed E-state index contributed by atoms with van der Waals surface area (Å²) in [4.78, 5) is 4.14. The summed E-state index contributed by atoms with van der Waals surface area (Å²) < 4.78 is 0. The van der Waals surface area contributed by atoms with Gasteiger partial charge in [0.1, 0.15) is 0 Å². The first-order valence-corrected chi connectivity index (χ1v) is 6.06. The Balaban J connectivity index is 2.65. The Morgan fingerprint density at radius 2 is 1.71 bits per heavy atom. The molecule has 0 saturated heterocycles. The van der Waals surface area contributed by atoms with E-state index in [4.69, 9.17) is 52.1 Å². The van der Waals surface area contributed by atoms with Crippen LogP contribution in [0.5, 0.6) is 0 Å². The highest BCUT2D eigenvalue weighted by atomic mass is 35.5. The quantitative estimate of drug-likeness (QED) is 0.757. The molecule has 88 valence electrons. The van der Waals surface area contributed by atoms with Gasteiger partial charge in [-0.25, -0.2) is 0 Å². The van der Waals surface area contributed by atoms with E-state index in [9.17, 15) is 0 Å². The van der Waals surface area contributed by atoms with Gasteiger partial charge in [0.2, 0.25) is 0 Å². The van der Waals surface area contributed by atoms with Crippen LogP contribution in [0.4, 0.5) is 5.69 Å². The molecule has 1 heterocycles. The fourth-order valence-electron chi connectivity index (χ4n) is 1.39. The second kappa shape index (κ2) is 4.91. The van der Waals surface area contributed by atoms with Gasteiger partial charge in [0.15, 0.2) is 0 Å². The smallest absolute Gasteiger partial charge is 0.0947 e. The average molecular weight is 308 g/mol. The predicted octanol–water partition coefficient (Wildman–Crippen LogP) is 4.94. The van der Waals surface area contributed by atoms with E-state index in [0.717, 1.165) is 0 Å². The number of hydrogen-bond donors (Lipinski definition) is 1. The van der Waals surface area contributed by atoms with Gasteiger partial charge in [0.25, 0.3) is 0 Å². The molecule has 0 bridgehead atoms. The number of nitrogens with two attached hydrogens (primary N) is 1. The maximum atomic E-state index is 6.10. The van der Waals surface area contributed by atoms with E-state index < -0.39 is 0 Å². The second-order valence-corrected chi connectivity index (χ2v) is 4.91. The minimum atomic E-state index is 0.280. The highest BCUT2D eigenvalue weighted by molar-refractivity contribution is 6.49. The maximum Gasteiger partial charge on any atom is 0.0947 e. The van der Waals surface area contributed by atoms with Gasteiger partial charge < -0.3 is 5.73 Å². The number of anilines is 1. The Morgan fingerprint density at radius 3 is 2.35 bits per heavy atom. The number of rotatable bonds is 1. The third kappa shape index (κ3) is 2.45. The van der Waals surface area contributed by atoms with Gasteiger partial charge in [-0.05, 0) is 18.2 Å². The number of nitrogen functional groups attached to an aromatic ring is 1. The van der Waals surface area contributed by atoms with Crippen LogP contribution in [0.1, 0.15) is 0 Å². The molecule has 0 amide bonds. The zero-order chi connectivity index (χ0) is 12.6. The van der Waals surface area contributed by atoms with Crippen molar-refractivity contribution >= 4 is 52.1 Å². The van der Waals surface area contributed by atoms with E-state index in [1.165, 1.54) is 6.20 Å². The number of halogens is 4. The lowest BCUT2D eigenvalue weighted by Crippen LogP contribution is -1.94. The van der Waals surface area contributed by atoms with Crippen molar-refractivity contribution in [2.45, 2.75) is 0 Å². The molecule has 0 fully saturated rings. The Hall–Kier alpha value is -0.670. The second-order valence-electron chi connectivity index (χ2n) is 3.31.